The lowest BCUT2D eigenvalue weighted by Crippen LogP contribution is -2.32. The van der Waals surface area contributed by atoms with Crippen molar-refractivity contribution in [3.05, 3.63) is 47.4 Å². The van der Waals surface area contributed by atoms with Crippen LogP contribution in [0.4, 0.5) is 0 Å². The number of benzene rings is 1. The summed E-state index contributed by atoms with van der Waals surface area (Å²) >= 11 is 0. The number of nitrogens with one attached hydrogen (secondary N) is 2. The van der Waals surface area contributed by atoms with Crippen LogP contribution >= 0.6 is 24.0 Å². The quantitative estimate of drug-likeness (QED) is 0.310. The smallest absolute Gasteiger partial charge is 0.326 e. The van der Waals surface area contributed by atoms with Crippen LogP contribution in [0.1, 0.15) is 0 Å². The van der Waals surface area contributed by atoms with Gasteiger partial charge in [0.2, 0.25) is 0 Å². The third-order valence-electron chi connectivity index (χ3n) is 2.71. The molecule has 7 heteroatoms. The molecule has 1 aromatic carbocycles. The van der Waals surface area contributed by atoms with Gasteiger partial charge in [-0.1, -0.05) is 18.2 Å². The summed E-state index contributed by atoms with van der Waals surface area (Å²) < 4.78 is 1.65. The van der Waals surface area contributed by atoms with Crippen LogP contribution in [0.25, 0.3) is 11.0 Å². The first-order valence-corrected chi connectivity index (χ1v) is 6.04. The largest absolute Gasteiger partial charge is 0.370 e. The van der Waals surface area contributed by atoms with Crippen molar-refractivity contribution >= 4 is 41.0 Å². The van der Waals surface area contributed by atoms with E-state index in [1.54, 1.807) is 10.6 Å². The zero-order chi connectivity index (χ0) is 13.7. The number of fused-ring (bicyclic) bond motifs is 1. The number of H-pyrrole nitrogens is 1. The third kappa shape index (κ3) is 3.86. The standard InChI is InChI=1S/C13H17N5O.HI/c1-2-7-15-12(14)16-8-9-18-11-6-4-3-5-10(11)17-13(18)19;/h2-6H,1,7-9H2,(H,17,19)(H3,14,15,16);1H. The fourth-order valence-corrected chi connectivity index (χ4v) is 1.83. The van der Waals surface area contributed by atoms with Crippen LogP contribution in [-0.4, -0.2) is 28.6 Å². The molecule has 0 unspecified atom stereocenters. The van der Waals surface area contributed by atoms with E-state index in [1.807, 2.05) is 24.3 Å². The summed E-state index contributed by atoms with van der Waals surface area (Å²) in [5, 5.41) is 2.88. The van der Waals surface area contributed by atoms with Crippen LogP contribution in [0.3, 0.4) is 0 Å². The Labute approximate surface area is 133 Å². The zero-order valence-corrected chi connectivity index (χ0v) is 13.3. The number of guanidine groups is 1. The molecule has 4 N–H and O–H groups in total. The number of halogens is 1. The minimum atomic E-state index is -0.131. The molecule has 6 nitrogen and oxygen atoms in total. The number of aromatic nitrogens is 2. The van der Waals surface area contributed by atoms with Gasteiger partial charge < -0.3 is 16.0 Å². The molecule has 0 saturated heterocycles. The molecule has 0 saturated carbocycles. The number of hydrogen-bond acceptors (Lipinski definition) is 2. The number of rotatable bonds is 5. The van der Waals surface area contributed by atoms with Gasteiger partial charge in [0.25, 0.3) is 0 Å². The summed E-state index contributed by atoms with van der Waals surface area (Å²) in [7, 11) is 0. The van der Waals surface area contributed by atoms with Gasteiger partial charge in [-0.25, -0.2) is 4.79 Å². The highest BCUT2D eigenvalue weighted by Crippen LogP contribution is 2.08. The van der Waals surface area contributed by atoms with Crippen molar-refractivity contribution in [3.8, 4) is 0 Å². The normalized spacial score (nSPS) is 11.1. The number of hydrogen-bond donors (Lipinski definition) is 3. The van der Waals surface area contributed by atoms with Gasteiger partial charge in [0, 0.05) is 13.1 Å². The number of para-hydroxylation sites is 2. The Kier molecular flexibility index (Phi) is 6.29. The molecule has 0 fully saturated rings. The van der Waals surface area contributed by atoms with Gasteiger partial charge in [0.1, 0.15) is 0 Å². The Hall–Kier alpha value is -1.77. The van der Waals surface area contributed by atoms with E-state index in [9.17, 15) is 4.79 Å². The van der Waals surface area contributed by atoms with Crippen LogP contribution in [-0.2, 0) is 6.54 Å². The fraction of sp³-hybridized carbons (Fsp3) is 0.231. The van der Waals surface area contributed by atoms with Crippen molar-refractivity contribution in [2.75, 3.05) is 13.1 Å². The van der Waals surface area contributed by atoms with E-state index >= 15 is 0 Å². The summed E-state index contributed by atoms with van der Waals surface area (Å²) in [6.07, 6.45) is 1.70. The summed E-state index contributed by atoms with van der Waals surface area (Å²) in [4.78, 5) is 18.7. The van der Waals surface area contributed by atoms with E-state index in [4.69, 9.17) is 5.73 Å². The fourth-order valence-electron chi connectivity index (χ4n) is 1.83. The Morgan fingerprint density at radius 3 is 3.00 bits per heavy atom. The lowest BCUT2D eigenvalue weighted by Gasteiger charge is -2.03. The Bertz CT molecular complexity index is 658. The molecule has 2 aromatic rings. The number of nitrogens with zero attached hydrogens (tertiary/aromatic N) is 2. The summed E-state index contributed by atoms with van der Waals surface area (Å²) in [6.45, 7) is 5.08. The van der Waals surface area contributed by atoms with E-state index in [-0.39, 0.29) is 29.7 Å². The van der Waals surface area contributed by atoms with Gasteiger partial charge in [0.15, 0.2) is 5.96 Å². The molecule has 0 bridgehead atoms. The van der Waals surface area contributed by atoms with Gasteiger partial charge in [-0.05, 0) is 12.1 Å². The second-order valence-electron chi connectivity index (χ2n) is 4.04. The van der Waals surface area contributed by atoms with Crippen molar-refractivity contribution in [2.24, 2.45) is 10.7 Å². The average Bonchev–Trinajstić information content (AvgIpc) is 2.73. The zero-order valence-electron chi connectivity index (χ0n) is 11.0. The van der Waals surface area contributed by atoms with Gasteiger partial charge in [-0.2, -0.15) is 0 Å². The number of aromatic amines is 1. The molecule has 20 heavy (non-hydrogen) atoms. The van der Waals surface area contributed by atoms with Crippen molar-refractivity contribution < 1.29 is 0 Å². The van der Waals surface area contributed by atoms with E-state index in [1.165, 1.54) is 0 Å². The maximum atomic E-state index is 11.8. The minimum Gasteiger partial charge on any atom is -0.370 e. The highest BCUT2D eigenvalue weighted by molar-refractivity contribution is 14.0. The molecule has 0 atom stereocenters. The maximum absolute atomic E-state index is 11.8. The SMILES string of the molecule is C=CCNC(N)=NCCn1c(=O)[nH]c2ccccc21.I. The molecule has 108 valence electrons. The third-order valence-corrected chi connectivity index (χ3v) is 2.71. The Morgan fingerprint density at radius 1 is 1.50 bits per heavy atom. The molecule has 1 heterocycles. The van der Waals surface area contributed by atoms with E-state index in [0.29, 0.717) is 25.6 Å². The van der Waals surface area contributed by atoms with Crippen molar-refractivity contribution in [1.82, 2.24) is 14.9 Å². The molecule has 0 amide bonds. The van der Waals surface area contributed by atoms with Crippen LogP contribution in [0, 0.1) is 0 Å². The molecular formula is C13H18IN5O. The number of nitrogens with two attached hydrogens (primary N) is 1. The van der Waals surface area contributed by atoms with E-state index in [2.05, 4.69) is 21.9 Å². The second kappa shape index (κ2) is 7.73. The first-order chi connectivity index (χ1) is 9.22. The predicted molar refractivity (Wildman–Crippen MR) is 92.7 cm³/mol. The van der Waals surface area contributed by atoms with Gasteiger partial charge in [-0.3, -0.25) is 9.56 Å². The topological polar surface area (TPSA) is 88.2 Å². The van der Waals surface area contributed by atoms with Gasteiger partial charge in [-0.15, -0.1) is 30.6 Å². The molecule has 1 aromatic heterocycles. The van der Waals surface area contributed by atoms with Crippen LogP contribution in [0.15, 0.2) is 46.7 Å². The molecule has 0 radical (unpaired) electrons. The number of imidazole rings is 1. The summed E-state index contributed by atoms with van der Waals surface area (Å²) in [5.41, 5.74) is 7.22. The van der Waals surface area contributed by atoms with E-state index in [0.717, 1.165) is 11.0 Å². The molecule has 0 aliphatic heterocycles. The van der Waals surface area contributed by atoms with Gasteiger partial charge in [0.05, 0.1) is 17.6 Å². The van der Waals surface area contributed by atoms with Gasteiger partial charge >= 0.3 is 5.69 Å². The molecule has 2 rings (SSSR count). The molecule has 0 aliphatic rings. The van der Waals surface area contributed by atoms with Crippen LogP contribution in [0.5, 0.6) is 0 Å². The van der Waals surface area contributed by atoms with E-state index < -0.39 is 0 Å². The first kappa shape index (κ1) is 16.3. The Morgan fingerprint density at radius 2 is 2.25 bits per heavy atom. The molecule has 0 spiro atoms. The first-order valence-electron chi connectivity index (χ1n) is 6.04. The van der Waals surface area contributed by atoms with Crippen molar-refractivity contribution in [2.45, 2.75) is 6.54 Å². The summed E-state index contributed by atoms with van der Waals surface area (Å²) in [5.74, 6) is 0.354. The second-order valence-corrected chi connectivity index (χ2v) is 4.04. The molecular weight excluding hydrogens is 369 g/mol. The monoisotopic (exact) mass is 387 g/mol. The lowest BCUT2D eigenvalue weighted by molar-refractivity contribution is 0.701. The minimum absolute atomic E-state index is 0. The van der Waals surface area contributed by atoms with Crippen molar-refractivity contribution in [3.63, 3.8) is 0 Å². The maximum Gasteiger partial charge on any atom is 0.326 e. The number of aliphatic imine (C=N–C) groups is 1. The Balaban J connectivity index is 0.00000200. The van der Waals surface area contributed by atoms with Crippen LogP contribution in [0.2, 0.25) is 0 Å². The average molecular weight is 387 g/mol. The summed E-state index contributed by atoms with van der Waals surface area (Å²) in [6, 6.07) is 7.56. The van der Waals surface area contributed by atoms with Crippen LogP contribution < -0.4 is 16.7 Å². The highest BCUT2D eigenvalue weighted by Gasteiger charge is 2.04. The lowest BCUT2D eigenvalue weighted by atomic mass is 10.3. The molecule has 0 aliphatic carbocycles. The highest BCUT2D eigenvalue weighted by atomic mass is 127. The predicted octanol–water partition coefficient (Wildman–Crippen LogP) is 1.04. The van der Waals surface area contributed by atoms with Crippen molar-refractivity contribution in [1.29, 1.82) is 0 Å².